The Hall–Kier alpha value is -1.60. The third-order valence-electron chi connectivity index (χ3n) is 3.77. The minimum absolute atomic E-state index is 0.299. The molecule has 0 amide bonds. The Morgan fingerprint density at radius 2 is 2.37 bits per heavy atom. The lowest BCUT2D eigenvalue weighted by Gasteiger charge is -2.35. The van der Waals surface area contributed by atoms with E-state index in [-0.39, 0.29) is 0 Å². The zero-order valence-electron chi connectivity index (χ0n) is 11.1. The second-order valence-corrected chi connectivity index (χ2v) is 5.59. The summed E-state index contributed by atoms with van der Waals surface area (Å²) in [5, 5.41) is 22.1. The quantitative estimate of drug-likeness (QED) is 0.880. The molecule has 2 unspecified atom stereocenters. The van der Waals surface area contributed by atoms with Gasteiger partial charge in [-0.3, -0.25) is 0 Å². The van der Waals surface area contributed by atoms with Crippen LogP contribution in [0.2, 0.25) is 0 Å². The fourth-order valence-corrected chi connectivity index (χ4v) is 2.78. The summed E-state index contributed by atoms with van der Waals surface area (Å²) in [6.45, 7) is 2.48. The first-order chi connectivity index (χ1) is 9.02. The van der Waals surface area contributed by atoms with Crippen molar-refractivity contribution in [1.29, 1.82) is 5.26 Å². The molecule has 1 aliphatic carbocycles. The van der Waals surface area contributed by atoms with Crippen molar-refractivity contribution in [3.8, 4) is 6.07 Å². The molecular formula is C15H19FN2O. The molecule has 0 aromatic heterocycles. The van der Waals surface area contributed by atoms with Crippen LogP contribution < -0.4 is 5.32 Å². The number of aliphatic hydroxyl groups is 1. The molecule has 0 bridgehead atoms. The number of rotatable bonds is 3. The standard InChI is InChI=1S/C15H19FN2O/c1-11-3-2-6-15(19,8-11)10-18-14-5-4-12(9-17)7-13(14)16/h4-5,7,11,18-19H,2-3,6,8,10H2,1H3. The molecule has 102 valence electrons. The zero-order valence-corrected chi connectivity index (χ0v) is 11.1. The number of nitriles is 1. The van der Waals surface area contributed by atoms with Gasteiger partial charge >= 0.3 is 0 Å². The average molecular weight is 262 g/mol. The molecule has 1 aromatic carbocycles. The van der Waals surface area contributed by atoms with Gasteiger partial charge < -0.3 is 10.4 Å². The SMILES string of the molecule is CC1CCCC(O)(CNc2ccc(C#N)cc2F)C1. The Morgan fingerprint density at radius 3 is 3.00 bits per heavy atom. The molecule has 3 nitrogen and oxygen atoms in total. The van der Waals surface area contributed by atoms with Gasteiger partial charge in [0.2, 0.25) is 0 Å². The van der Waals surface area contributed by atoms with E-state index in [4.69, 9.17) is 5.26 Å². The summed E-state index contributed by atoms with van der Waals surface area (Å²) in [6, 6.07) is 6.21. The highest BCUT2D eigenvalue weighted by molar-refractivity contribution is 5.49. The van der Waals surface area contributed by atoms with Gasteiger partial charge in [0.25, 0.3) is 0 Å². The maximum Gasteiger partial charge on any atom is 0.147 e. The van der Waals surface area contributed by atoms with E-state index in [2.05, 4.69) is 12.2 Å². The van der Waals surface area contributed by atoms with Crippen molar-refractivity contribution in [3.05, 3.63) is 29.6 Å². The van der Waals surface area contributed by atoms with Crippen LogP contribution >= 0.6 is 0 Å². The lowest BCUT2D eigenvalue weighted by Crippen LogP contribution is -2.41. The van der Waals surface area contributed by atoms with Crippen molar-refractivity contribution < 1.29 is 9.50 Å². The Morgan fingerprint density at radius 1 is 1.58 bits per heavy atom. The molecule has 0 saturated heterocycles. The molecule has 1 saturated carbocycles. The van der Waals surface area contributed by atoms with Gasteiger partial charge in [-0.15, -0.1) is 0 Å². The molecular weight excluding hydrogens is 243 g/mol. The minimum Gasteiger partial charge on any atom is -0.388 e. The Kier molecular flexibility index (Phi) is 4.06. The largest absolute Gasteiger partial charge is 0.388 e. The first-order valence-corrected chi connectivity index (χ1v) is 6.68. The number of benzene rings is 1. The van der Waals surface area contributed by atoms with Gasteiger partial charge in [-0.25, -0.2) is 4.39 Å². The molecule has 2 atom stereocenters. The topological polar surface area (TPSA) is 56.0 Å². The fourth-order valence-electron chi connectivity index (χ4n) is 2.78. The summed E-state index contributed by atoms with van der Waals surface area (Å²) in [5.41, 5.74) is -0.114. The summed E-state index contributed by atoms with van der Waals surface area (Å²) in [7, 11) is 0. The third-order valence-corrected chi connectivity index (χ3v) is 3.77. The van der Waals surface area contributed by atoms with Crippen molar-refractivity contribution in [1.82, 2.24) is 0 Å². The summed E-state index contributed by atoms with van der Waals surface area (Å²) in [5.74, 6) is 0.0536. The first kappa shape index (κ1) is 13.8. The van der Waals surface area contributed by atoms with Crippen LogP contribution in [-0.2, 0) is 0 Å². The maximum atomic E-state index is 13.7. The monoisotopic (exact) mass is 262 g/mol. The normalized spacial score (nSPS) is 26.7. The Labute approximate surface area is 113 Å². The van der Waals surface area contributed by atoms with Crippen molar-refractivity contribution >= 4 is 5.69 Å². The summed E-state index contributed by atoms with van der Waals surface area (Å²) >= 11 is 0. The van der Waals surface area contributed by atoms with E-state index in [1.54, 1.807) is 12.1 Å². The highest BCUT2D eigenvalue weighted by atomic mass is 19.1. The number of hydrogen-bond donors (Lipinski definition) is 2. The predicted molar refractivity (Wildman–Crippen MR) is 72.2 cm³/mol. The van der Waals surface area contributed by atoms with Gasteiger partial charge in [0.1, 0.15) is 5.82 Å². The zero-order chi connectivity index (χ0) is 13.9. The van der Waals surface area contributed by atoms with Crippen LogP contribution in [0.3, 0.4) is 0 Å². The molecule has 1 aromatic rings. The fraction of sp³-hybridized carbons (Fsp3) is 0.533. The molecule has 0 heterocycles. The van der Waals surface area contributed by atoms with Gasteiger partial charge in [0, 0.05) is 6.54 Å². The molecule has 0 spiro atoms. The number of halogens is 1. The van der Waals surface area contributed by atoms with Gasteiger partial charge in [-0.1, -0.05) is 19.8 Å². The van der Waals surface area contributed by atoms with Crippen LogP contribution in [0.4, 0.5) is 10.1 Å². The lowest BCUT2D eigenvalue weighted by atomic mass is 9.79. The van der Waals surface area contributed by atoms with Crippen LogP contribution in [0, 0.1) is 23.1 Å². The predicted octanol–water partition coefficient (Wildman–Crippen LogP) is 3.05. The second kappa shape index (κ2) is 5.58. The van der Waals surface area contributed by atoms with Crippen molar-refractivity contribution in [2.45, 2.75) is 38.2 Å². The van der Waals surface area contributed by atoms with E-state index in [1.165, 1.54) is 6.07 Å². The van der Waals surface area contributed by atoms with E-state index in [0.29, 0.717) is 23.7 Å². The van der Waals surface area contributed by atoms with Crippen LogP contribution in [0.25, 0.3) is 0 Å². The molecule has 1 fully saturated rings. The van der Waals surface area contributed by atoms with E-state index in [0.717, 1.165) is 25.7 Å². The molecule has 2 rings (SSSR count). The molecule has 1 aliphatic rings. The number of nitrogens with one attached hydrogen (secondary N) is 1. The smallest absolute Gasteiger partial charge is 0.147 e. The average Bonchev–Trinajstić information content (AvgIpc) is 2.37. The van der Waals surface area contributed by atoms with Gasteiger partial charge in [0.15, 0.2) is 0 Å². The van der Waals surface area contributed by atoms with Crippen LogP contribution in [0.5, 0.6) is 0 Å². The van der Waals surface area contributed by atoms with Gasteiger partial charge in [-0.2, -0.15) is 5.26 Å². The number of anilines is 1. The second-order valence-electron chi connectivity index (χ2n) is 5.59. The highest BCUT2D eigenvalue weighted by Gasteiger charge is 2.32. The summed E-state index contributed by atoms with van der Waals surface area (Å²) < 4.78 is 13.7. The van der Waals surface area contributed by atoms with E-state index >= 15 is 0 Å². The Bertz CT molecular complexity index is 497. The first-order valence-electron chi connectivity index (χ1n) is 6.68. The molecule has 0 aliphatic heterocycles. The third kappa shape index (κ3) is 3.45. The van der Waals surface area contributed by atoms with Gasteiger partial charge in [-0.05, 0) is 37.0 Å². The van der Waals surface area contributed by atoms with Crippen molar-refractivity contribution in [2.24, 2.45) is 5.92 Å². The Balaban J connectivity index is 2.00. The van der Waals surface area contributed by atoms with Crippen molar-refractivity contribution in [2.75, 3.05) is 11.9 Å². The van der Waals surface area contributed by atoms with Crippen molar-refractivity contribution in [3.63, 3.8) is 0 Å². The van der Waals surface area contributed by atoms with E-state index < -0.39 is 11.4 Å². The maximum absolute atomic E-state index is 13.7. The molecule has 2 N–H and O–H groups in total. The van der Waals surface area contributed by atoms with Crippen LogP contribution in [0.15, 0.2) is 18.2 Å². The van der Waals surface area contributed by atoms with E-state index in [9.17, 15) is 9.50 Å². The lowest BCUT2D eigenvalue weighted by molar-refractivity contribution is -0.000802. The molecule has 4 heteroatoms. The number of hydrogen-bond acceptors (Lipinski definition) is 3. The highest BCUT2D eigenvalue weighted by Crippen LogP contribution is 2.32. The van der Waals surface area contributed by atoms with Crippen LogP contribution in [-0.4, -0.2) is 17.3 Å². The minimum atomic E-state index is -0.752. The van der Waals surface area contributed by atoms with E-state index in [1.807, 2.05) is 6.07 Å². The van der Waals surface area contributed by atoms with Gasteiger partial charge in [0.05, 0.1) is 22.9 Å². The molecule has 0 radical (unpaired) electrons. The number of nitrogens with zero attached hydrogens (tertiary/aromatic N) is 1. The van der Waals surface area contributed by atoms with Crippen LogP contribution in [0.1, 0.15) is 38.2 Å². The molecule has 19 heavy (non-hydrogen) atoms. The summed E-state index contributed by atoms with van der Waals surface area (Å²) in [4.78, 5) is 0. The summed E-state index contributed by atoms with van der Waals surface area (Å²) in [6.07, 6.45) is 3.66.